The molecule has 0 aliphatic carbocycles. The Morgan fingerprint density at radius 1 is 1.04 bits per heavy atom. The van der Waals surface area contributed by atoms with Crippen LogP contribution in [0.3, 0.4) is 0 Å². The molecule has 252 valence electrons. The Morgan fingerprint density at radius 3 is 2.60 bits per heavy atom. The summed E-state index contributed by atoms with van der Waals surface area (Å²) in [6, 6.07) is 8.29. The highest BCUT2D eigenvalue weighted by Gasteiger charge is 2.56. The Balaban J connectivity index is 1.19. The van der Waals surface area contributed by atoms with Gasteiger partial charge in [-0.3, -0.25) is 14.6 Å². The second-order valence-electron chi connectivity index (χ2n) is 13.9. The number of piperazine rings is 1. The number of benzene rings is 3. The largest absolute Gasteiger partial charge is 0.507 e. The summed E-state index contributed by atoms with van der Waals surface area (Å²) in [6.45, 7) is 5.95. The number of carbonyl (C=O) groups excluding carboxylic acids is 1. The van der Waals surface area contributed by atoms with E-state index in [0.29, 0.717) is 36.3 Å². The molecule has 5 heterocycles. The van der Waals surface area contributed by atoms with Crippen LogP contribution in [0, 0.1) is 20.8 Å². The SMILES string of the molecule is CN[C@@H](Cc1c[nH]c2ccccc12)C(=O)NC[C@H]1c2c(c(O)c(C)c3c2OCO3)CC2[C@@H]3c4c(cc(C)c(C)c4O)C[C@@H]([C@H](O)N21)N3C. The number of aromatic nitrogens is 1. The Labute approximate surface area is 279 Å². The summed E-state index contributed by atoms with van der Waals surface area (Å²) < 4.78 is 11.9. The maximum atomic E-state index is 13.9. The topological polar surface area (TPSA) is 143 Å². The van der Waals surface area contributed by atoms with Crippen LogP contribution in [0.4, 0.5) is 0 Å². The fourth-order valence-electron chi connectivity index (χ4n) is 8.88. The van der Waals surface area contributed by atoms with Gasteiger partial charge < -0.3 is 40.4 Å². The molecule has 0 spiro atoms. The van der Waals surface area contributed by atoms with E-state index in [4.69, 9.17) is 9.47 Å². The highest BCUT2D eigenvalue weighted by molar-refractivity contribution is 5.86. The predicted molar refractivity (Wildman–Crippen MR) is 180 cm³/mol. The van der Waals surface area contributed by atoms with Gasteiger partial charge in [0, 0.05) is 51.9 Å². The van der Waals surface area contributed by atoms with E-state index < -0.39 is 18.3 Å². The molecule has 1 unspecified atom stereocenters. The van der Waals surface area contributed by atoms with Crippen molar-refractivity contribution in [3.63, 3.8) is 0 Å². The predicted octanol–water partition coefficient (Wildman–Crippen LogP) is 3.38. The van der Waals surface area contributed by atoms with E-state index in [1.807, 2.05) is 58.3 Å². The molecule has 4 aromatic rings. The van der Waals surface area contributed by atoms with Crippen molar-refractivity contribution < 1.29 is 29.6 Å². The highest BCUT2D eigenvalue weighted by atomic mass is 16.7. The van der Waals surface area contributed by atoms with Gasteiger partial charge in [0.05, 0.1) is 24.2 Å². The number of amides is 1. The molecule has 3 aromatic carbocycles. The van der Waals surface area contributed by atoms with E-state index in [1.54, 1.807) is 7.05 Å². The number of carbonyl (C=O) groups is 1. The number of aliphatic hydroxyl groups is 1. The maximum Gasteiger partial charge on any atom is 0.237 e. The van der Waals surface area contributed by atoms with Crippen molar-refractivity contribution >= 4 is 16.8 Å². The van der Waals surface area contributed by atoms with Gasteiger partial charge in [0.2, 0.25) is 12.7 Å². The first-order valence-electron chi connectivity index (χ1n) is 16.7. The number of nitrogens with one attached hydrogen (secondary N) is 3. The number of hydrogen-bond donors (Lipinski definition) is 6. The van der Waals surface area contributed by atoms with Crippen LogP contribution in [0.5, 0.6) is 23.0 Å². The molecule has 1 saturated heterocycles. The van der Waals surface area contributed by atoms with Crippen molar-refractivity contribution in [3.05, 3.63) is 81.0 Å². The normalized spacial score (nSPS) is 25.0. The number of nitrogens with zero attached hydrogens (tertiary/aromatic N) is 2. The van der Waals surface area contributed by atoms with Crippen LogP contribution in [-0.2, 0) is 24.1 Å². The van der Waals surface area contributed by atoms with E-state index in [0.717, 1.165) is 49.8 Å². The van der Waals surface area contributed by atoms with Crippen LogP contribution in [0.15, 0.2) is 36.5 Å². The molecule has 8 rings (SSSR count). The van der Waals surface area contributed by atoms with E-state index in [1.165, 1.54) is 0 Å². The third-order valence-electron chi connectivity index (χ3n) is 11.5. The maximum absolute atomic E-state index is 13.9. The average Bonchev–Trinajstić information content (AvgIpc) is 3.74. The minimum Gasteiger partial charge on any atom is -0.507 e. The second kappa shape index (κ2) is 11.4. The van der Waals surface area contributed by atoms with Gasteiger partial charge in [0.15, 0.2) is 11.5 Å². The molecule has 11 nitrogen and oxygen atoms in total. The number of ether oxygens (including phenoxy) is 2. The average molecular weight is 654 g/mol. The molecule has 11 heteroatoms. The quantitative estimate of drug-likeness (QED) is 0.185. The number of aliphatic hydroxyl groups excluding tert-OH is 1. The van der Waals surface area contributed by atoms with Crippen molar-refractivity contribution in [1.29, 1.82) is 0 Å². The van der Waals surface area contributed by atoms with Crippen LogP contribution in [-0.4, -0.2) is 87.8 Å². The van der Waals surface area contributed by atoms with Crippen molar-refractivity contribution in [2.24, 2.45) is 0 Å². The number of hydrogen-bond acceptors (Lipinski definition) is 9. The minimum atomic E-state index is -0.893. The second-order valence-corrected chi connectivity index (χ2v) is 13.9. The lowest BCUT2D eigenvalue weighted by molar-refractivity contribution is -0.172. The highest BCUT2D eigenvalue weighted by Crippen LogP contribution is 2.57. The molecular weight excluding hydrogens is 610 g/mol. The van der Waals surface area contributed by atoms with Crippen LogP contribution in [0.25, 0.3) is 10.9 Å². The fourth-order valence-corrected chi connectivity index (χ4v) is 8.88. The van der Waals surface area contributed by atoms with Gasteiger partial charge in [-0.05, 0) is 82.4 Å². The molecule has 6 N–H and O–H groups in total. The summed E-state index contributed by atoms with van der Waals surface area (Å²) in [4.78, 5) is 21.5. The van der Waals surface area contributed by atoms with Gasteiger partial charge in [-0.25, -0.2) is 0 Å². The van der Waals surface area contributed by atoms with Gasteiger partial charge in [-0.15, -0.1) is 0 Å². The van der Waals surface area contributed by atoms with Crippen LogP contribution < -0.4 is 20.1 Å². The Bertz CT molecular complexity index is 1960. The summed E-state index contributed by atoms with van der Waals surface area (Å²) in [7, 11) is 3.79. The summed E-state index contributed by atoms with van der Waals surface area (Å²) in [5.74, 6) is 1.29. The van der Waals surface area contributed by atoms with E-state index in [-0.39, 0.29) is 48.9 Å². The number of phenolic OH excluding ortho intramolecular Hbond substituents is 2. The number of fused-ring (bicyclic) bond motifs is 10. The number of para-hydroxylation sites is 1. The van der Waals surface area contributed by atoms with Gasteiger partial charge in [0.1, 0.15) is 17.7 Å². The van der Waals surface area contributed by atoms with Crippen molar-refractivity contribution in [1.82, 2.24) is 25.4 Å². The van der Waals surface area contributed by atoms with Crippen LogP contribution in [0.2, 0.25) is 0 Å². The molecule has 48 heavy (non-hydrogen) atoms. The molecule has 1 fully saturated rings. The fraction of sp³-hybridized carbons (Fsp3) is 0.432. The molecule has 4 aliphatic heterocycles. The zero-order valence-electron chi connectivity index (χ0n) is 27.9. The lowest BCUT2D eigenvalue weighted by Crippen LogP contribution is -2.69. The first-order valence-corrected chi connectivity index (χ1v) is 16.7. The number of aromatic hydroxyl groups is 2. The van der Waals surface area contributed by atoms with Gasteiger partial charge in [-0.2, -0.15) is 0 Å². The van der Waals surface area contributed by atoms with Gasteiger partial charge in [0.25, 0.3) is 0 Å². The lowest BCUT2D eigenvalue weighted by atomic mass is 9.73. The third kappa shape index (κ3) is 4.44. The number of likely N-dealkylation sites (N-methyl/N-ethyl adjacent to an activating group) is 2. The summed E-state index contributed by atoms with van der Waals surface area (Å²) in [5, 5.41) is 42.9. The standard InChI is InChI=1S/C37H43N5O6/c1-17-10-20-12-27-37(46)42-26(31(41(27)5)29(20)33(44)18(17)2)13-23-30(35-34(47-16-48-35)19(3)32(23)43)28(42)15-40-36(45)25(38-4)11-21-14-39-24-9-7-6-8-22(21)24/h6-10,14,25-28,31,37-39,43-44,46H,11-13,15-16H2,1-5H3,(H,40,45)/t25-,26?,27-,28-,31+,37-/m0/s1. The monoisotopic (exact) mass is 653 g/mol. The number of phenols is 2. The van der Waals surface area contributed by atoms with Crippen LogP contribution >= 0.6 is 0 Å². The first kappa shape index (κ1) is 31.0. The lowest BCUT2D eigenvalue weighted by Gasteiger charge is -2.60. The van der Waals surface area contributed by atoms with Crippen molar-refractivity contribution in [2.45, 2.75) is 76.5 Å². The Kier molecular flexibility index (Phi) is 7.37. The summed E-state index contributed by atoms with van der Waals surface area (Å²) in [5.41, 5.74) is 7.88. The molecule has 0 radical (unpaired) electrons. The zero-order valence-corrected chi connectivity index (χ0v) is 27.9. The minimum absolute atomic E-state index is 0.0252. The zero-order chi connectivity index (χ0) is 33.6. The number of aromatic amines is 1. The van der Waals surface area contributed by atoms with Crippen molar-refractivity contribution in [3.8, 4) is 23.0 Å². The molecule has 1 aromatic heterocycles. The number of aryl methyl sites for hydroxylation is 1. The molecule has 1 amide bonds. The molecule has 6 atom stereocenters. The smallest absolute Gasteiger partial charge is 0.237 e. The van der Waals surface area contributed by atoms with E-state index in [2.05, 4.69) is 31.5 Å². The first-order chi connectivity index (χ1) is 23.1. The Morgan fingerprint density at radius 2 is 1.81 bits per heavy atom. The number of rotatable bonds is 6. The van der Waals surface area contributed by atoms with Gasteiger partial charge in [-0.1, -0.05) is 24.3 Å². The van der Waals surface area contributed by atoms with Gasteiger partial charge >= 0.3 is 0 Å². The number of H-pyrrole nitrogens is 1. The molecular formula is C37H43N5O6. The molecule has 2 bridgehead atoms. The molecule has 4 aliphatic rings. The summed E-state index contributed by atoms with van der Waals surface area (Å²) >= 11 is 0. The van der Waals surface area contributed by atoms with Crippen molar-refractivity contribution in [2.75, 3.05) is 27.4 Å². The van der Waals surface area contributed by atoms with E-state index >= 15 is 0 Å². The Hall–Kier alpha value is -4.29. The van der Waals surface area contributed by atoms with Crippen LogP contribution in [0.1, 0.15) is 56.6 Å². The molecule has 0 saturated carbocycles. The third-order valence-corrected chi connectivity index (χ3v) is 11.5. The summed E-state index contributed by atoms with van der Waals surface area (Å²) in [6.07, 6.45) is 2.52. The van der Waals surface area contributed by atoms with E-state index in [9.17, 15) is 20.1 Å².